The summed E-state index contributed by atoms with van der Waals surface area (Å²) in [6.45, 7) is 0. The molecule has 4 fully saturated rings. The Morgan fingerprint density at radius 2 is 1.43 bits per heavy atom. The Kier molecular flexibility index (Phi) is 1.65. The molecule has 0 aromatic heterocycles. The van der Waals surface area contributed by atoms with Crippen molar-refractivity contribution in [2.24, 2.45) is 23.2 Å². The van der Waals surface area contributed by atoms with Gasteiger partial charge in [-0.05, 0) is 56.3 Å². The highest BCUT2D eigenvalue weighted by Gasteiger charge is 2.50. The van der Waals surface area contributed by atoms with Gasteiger partial charge < -0.3 is 0 Å². The second kappa shape index (κ2) is 2.77. The van der Waals surface area contributed by atoms with Gasteiger partial charge in [-0.2, -0.15) is 5.26 Å². The van der Waals surface area contributed by atoms with Crippen LogP contribution in [0.3, 0.4) is 0 Å². The number of rotatable bonds is 0. The molecule has 4 bridgehead atoms. The zero-order valence-corrected chi connectivity index (χ0v) is 8.42. The van der Waals surface area contributed by atoms with Crippen molar-refractivity contribution in [1.29, 1.82) is 5.26 Å². The van der Waals surface area contributed by atoms with Crippen molar-refractivity contribution >= 4 is 0 Å². The van der Waals surface area contributed by atoms with Crippen molar-refractivity contribution in [3.8, 4) is 17.9 Å². The standard InChI is InChI=1S/C13H15N/c14-3-1-2-13-7-10-4-11(8-13)6-12(5-10)9-13/h10-12H,4-9H2. The van der Waals surface area contributed by atoms with E-state index < -0.39 is 0 Å². The van der Waals surface area contributed by atoms with Crippen LogP contribution in [-0.4, -0.2) is 0 Å². The summed E-state index contributed by atoms with van der Waals surface area (Å²) >= 11 is 0. The molecule has 0 aliphatic heterocycles. The first-order chi connectivity index (χ1) is 6.80. The van der Waals surface area contributed by atoms with Crippen molar-refractivity contribution in [2.45, 2.75) is 38.5 Å². The fourth-order valence-corrected chi connectivity index (χ4v) is 4.42. The van der Waals surface area contributed by atoms with Crippen LogP contribution >= 0.6 is 0 Å². The minimum absolute atomic E-state index is 0.268. The maximum atomic E-state index is 8.54. The summed E-state index contributed by atoms with van der Waals surface area (Å²) < 4.78 is 0. The lowest BCUT2D eigenvalue weighted by atomic mass is 9.50. The molecule has 0 N–H and O–H groups in total. The summed E-state index contributed by atoms with van der Waals surface area (Å²) in [5, 5.41) is 8.54. The first-order valence-corrected chi connectivity index (χ1v) is 5.71. The fraction of sp³-hybridized carbons (Fsp3) is 0.769. The van der Waals surface area contributed by atoms with Crippen LogP contribution in [0.15, 0.2) is 0 Å². The predicted octanol–water partition coefficient (Wildman–Crippen LogP) is 2.73. The van der Waals surface area contributed by atoms with Crippen LogP contribution in [0.5, 0.6) is 0 Å². The topological polar surface area (TPSA) is 23.8 Å². The van der Waals surface area contributed by atoms with Gasteiger partial charge >= 0.3 is 0 Å². The molecular weight excluding hydrogens is 170 g/mol. The molecule has 0 radical (unpaired) electrons. The van der Waals surface area contributed by atoms with Gasteiger partial charge in [-0.3, -0.25) is 0 Å². The molecule has 4 rings (SSSR count). The van der Waals surface area contributed by atoms with Gasteiger partial charge in [-0.1, -0.05) is 5.92 Å². The lowest BCUT2D eigenvalue weighted by molar-refractivity contribution is -0.0181. The van der Waals surface area contributed by atoms with Crippen LogP contribution in [0.1, 0.15) is 38.5 Å². The van der Waals surface area contributed by atoms with Crippen LogP contribution in [-0.2, 0) is 0 Å². The van der Waals surface area contributed by atoms with Crippen molar-refractivity contribution in [3.05, 3.63) is 0 Å². The molecule has 1 nitrogen and oxygen atoms in total. The fourth-order valence-electron chi connectivity index (χ4n) is 4.42. The molecule has 14 heavy (non-hydrogen) atoms. The van der Waals surface area contributed by atoms with Crippen molar-refractivity contribution in [3.63, 3.8) is 0 Å². The maximum absolute atomic E-state index is 8.54. The molecule has 4 aliphatic carbocycles. The van der Waals surface area contributed by atoms with Gasteiger partial charge in [0.25, 0.3) is 0 Å². The van der Waals surface area contributed by atoms with E-state index >= 15 is 0 Å². The van der Waals surface area contributed by atoms with Gasteiger partial charge in [-0.15, -0.1) is 0 Å². The number of hydrogen-bond acceptors (Lipinski definition) is 1. The largest absolute Gasteiger partial charge is 0.183 e. The molecule has 4 aliphatic rings. The molecule has 0 unspecified atom stereocenters. The lowest BCUT2D eigenvalue weighted by Crippen LogP contribution is -2.45. The van der Waals surface area contributed by atoms with Gasteiger partial charge in [0.05, 0.1) is 0 Å². The lowest BCUT2D eigenvalue weighted by Gasteiger charge is -2.54. The summed E-state index contributed by atoms with van der Waals surface area (Å²) in [7, 11) is 0. The number of nitrogens with zero attached hydrogens (tertiary/aromatic N) is 1. The van der Waals surface area contributed by atoms with Crippen molar-refractivity contribution in [1.82, 2.24) is 0 Å². The highest BCUT2D eigenvalue weighted by molar-refractivity contribution is 5.25. The van der Waals surface area contributed by atoms with Crippen LogP contribution in [0.2, 0.25) is 0 Å². The van der Waals surface area contributed by atoms with E-state index in [4.69, 9.17) is 5.26 Å². The van der Waals surface area contributed by atoms with E-state index in [0.717, 1.165) is 17.8 Å². The van der Waals surface area contributed by atoms with Gasteiger partial charge in [0, 0.05) is 11.3 Å². The Bertz CT molecular complexity index is 314. The molecule has 0 atom stereocenters. The molecule has 0 spiro atoms. The Labute approximate surface area is 85.5 Å². The van der Waals surface area contributed by atoms with E-state index in [1.807, 2.05) is 6.07 Å². The maximum Gasteiger partial charge on any atom is 0.152 e. The summed E-state index contributed by atoms with van der Waals surface area (Å²) in [5.41, 5.74) is 0.268. The third-order valence-electron chi connectivity index (χ3n) is 4.42. The molecular formula is C13H15N. The average Bonchev–Trinajstić information content (AvgIpc) is 2.12. The zero-order chi connectivity index (χ0) is 9.60. The average molecular weight is 185 g/mol. The zero-order valence-electron chi connectivity index (χ0n) is 8.42. The van der Waals surface area contributed by atoms with E-state index in [1.165, 1.54) is 38.5 Å². The Balaban J connectivity index is 1.92. The molecule has 0 aromatic carbocycles. The van der Waals surface area contributed by atoms with E-state index in [0.29, 0.717) is 0 Å². The Morgan fingerprint density at radius 3 is 1.86 bits per heavy atom. The van der Waals surface area contributed by atoms with Gasteiger partial charge in [0.2, 0.25) is 0 Å². The SMILES string of the molecule is N#CC#CC12CC3CC(CC(C3)C1)C2. The molecule has 72 valence electrons. The monoisotopic (exact) mass is 185 g/mol. The van der Waals surface area contributed by atoms with Crippen LogP contribution < -0.4 is 0 Å². The normalized spacial score (nSPS) is 48.1. The minimum atomic E-state index is 0.268. The summed E-state index contributed by atoms with van der Waals surface area (Å²) in [5.74, 6) is 8.74. The first-order valence-electron chi connectivity index (χ1n) is 5.71. The van der Waals surface area contributed by atoms with Gasteiger partial charge in [0.15, 0.2) is 6.07 Å². The molecule has 0 heterocycles. The Hall–Kier alpha value is -0.950. The molecule has 0 aromatic rings. The minimum Gasteiger partial charge on any atom is -0.183 e. The molecule has 0 amide bonds. The van der Waals surface area contributed by atoms with E-state index in [-0.39, 0.29) is 5.41 Å². The van der Waals surface area contributed by atoms with Crippen molar-refractivity contribution in [2.75, 3.05) is 0 Å². The highest BCUT2D eigenvalue weighted by Crippen LogP contribution is 2.59. The molecule has 4 saturated carbocycles. The van der Waals surface area contributed by atoms with Gasteiger partial charge in [-0.25, -0.2) is 0 Å². The molecule has 1 heteroatoms. The van der Waals surface area contributed by atoms with Crippen molar-refractivity contribution < 1.29 is 0 Å². The second-order valence-electron chi connectivity index (χ2n) is 5.56. The summed E-state index contributed by atoms with van der Waals surface area (Å²) in [6, 6.07) is 1.98. The first kappa shape index (κ1) is 8.37. The third-order valence-corrected chi connectivity index (χ3v) is 4.42. The highest BCUT2D eigenvalue weighted by atomic mass is 14.5. The van der Waals surface area contributed by atoms with E-state index in [1.54, 1.807) is 0 Å². The molecule has 0 saturated heterocycles. The van der Waals surface area contributed by atoms with Crippen LogP contribution in [0, 0.1) is 46.3 Å². The van der Waals surface area contributed by atoms with E-state index in [2.05, 4.69) is 11.8 Å². The van der Waals surface area contributed by atoms with E-state index in [9.17, 15) is 0 Å². The Morgan fingerprint density at radius 1 is 0.929 bits per heavy atom. The van der Waals surface area contributed by atoms with Crippen LogP contribution in [0.4, 0.5) is 0 Å². The summed E-state index contributed by atoms with van der Waals surface area (Å²) in [6.07, 6.45) is 8.21. The second-order valence-corrected chi connectivity index (χ2v) is 5.56. The third kappa shape index (κ3) is 1.16. The number of hydrogen-bond donors (Lipinski definition) is 0. The predicted molar refractivity (Wildman–Crippen MR) is 54.0 cm³/mol. The quantitative estimate of drug-likeness (QED) is 0.532. The number of nitriles is 1. The van der Waals surface area contributed by atoms with Crippen LogP contribution in [0.25, 0.3) is 0 Å². The summed E-state index contributed by atoms with van der Waals surface area (Å²) in [4.78, 5) is 0. The smallest absolute Gasteiger partial charge is 0.152 e. The van der Waals surface area contributed by atoms with Gasteiger partial charge in [0.1, 0.15) is 0 Å².